The zero-order chi connectivity index (χ0) is 11.1. The van der Waals surface area contributed by atoms with Gasteiger partial charge in [-0.25, -0.2) is 8.78 Å². The van der Waals surface area contributed by atoms with Crippen LogP contribution in [0.15, 0.2) is 29.4 Å². The van der Waals surface area contributed by atoms with Crippen molar-refractivity contribution in [2.24, 2.45) is 10.7 Å². The van der Waals surface area contributed by atoms with Crippen molar-refractivity contribution in [3.63, 3.8) is 0 Å². The van der Waals surface area contributed by atoms with Crippen molar-refractivity contribution in [1.29, 1.82) is 0 Å². The van der Waals surface area contributed by atoms with Crippen LogP contribution in [0.5, 0.6) is 0 Å². The number of carbonyl (C=O) groups is 1. The molecular weight excluding hydrogens is 214 g/mol. The second kappa shape index (κ2) is 6.26. The predicted molar refractivity (Wildman–Crippen MR) is 51.6 cm³/mol. The number of nitrogens with zero attached hydrogens (tertiary/aromatic N) is 1. The van der Waals surface area contributed by atoms with Crippen LogP contribution < -0.4 is 5.73 Å². The lowest BCUT2D eigenvalue weighted by Crippen LogP contribution is -2.19. The molecule has 0 aromatic heterocycles. The van der Waals surface area contributed by atoms with E-state index in [9.17, 15) is 13.6 Å². The minimum atomic E-state index is -2.90. The normalized spacial score (nSPS) is 13.1. The van der Waals surface area contributed by atoms with E-state index in [-0.39, 0.29) is 6.54 Å². The average Bonchev–Trinajstić information content (AvgIpc) is 2.10. The Labute approximate surface area is 84.9 Å². The summed E-state index contributed by atoms with van der Waals surface area (Å²) < 4.78 is 24.7. The maximum Gasteiger partial charge on any atom is 0.280 e. The smallest absolute Gasteiger partial charge is 0.280 e. The Balaban J connectivity index is 4.99. The first-order valence-corrected chi connectivity index (χ1v) is 3.97. The highest BCUT2D eigenvalue weighted by atomic mass is 35.5. The van der Waals surface area contributed by atoms with Crippen LogP contribution in [-0.4, -0.2) is 23.9 Å². The molecule has 0 atom stereocenters. The molecule has 0 unspecified atom stereocenters. The fourth-order valence-electron chi connectivity index (χ4n) is 0.686. The summed E-state index contributed by atoms with van der Waals surface area (Å²) >= 11 is 5.03. The number of aliphatic imine (C=N–C) groups is 1. The Bertz CT molecular complexity index is 287. The molecule has 0 aromatic rings. The quantitative estimate of drug-likeness (QED) is 0.332. The van der Waals surface area contributed by atoms with E-state index in [0.29, 0.717) is 6.20 Å². The molecule has 6 heteroatoms. The number of rotatable bonds is 5. The first-order chi connectivity index (χ1) is 6.54. The number of carbonyl (C=O) groups excluding carboxylic acids is 1. The van der Waals surface area contributed by atoms with Gasteiger partial charge in [-0.1, -0.05) is 6.08 Å². The molecule has 0 saturated heterocycles. The first-order valence-electron chi connectivity index (χ1n) is 3.60. The molecule has 3 nitrogen and oxygen atoms in total. The van der Waals surface area contributed by atoms with E-state index in [0.717, 1.165) is 0 Å². The van der Waals surface area contributed by atoms with Crippen molar-refractivity contribution in [1.82, 2.24) is 0 Å². The highest BCUT2D eigenvalue weighted by Gasteiger charge is 2.21. The molecule has 0 radical (unpaired) electrons. The van der Waals surface area contributed by atoms with Gasteiger partial charge in [0, 0.05) is 6.20 Å². The van der Waals surface area contributed by atoms with Gasteiger partial charge in [-0.15, -0.1) is 6.58 Å². The maximum atomic E-state index is 12.3. The zero-order valence-electron chi connectivity index (χ0n) is 7.21. The van der Waals surface area contributed by atoms with E-state index in [1.807, 2.05) is 0 Å². The number of nitrogens with two attached hydrogens (primary N) is 1. The largest absolute Gasteiger partial charge is 0.404 e. The lowest BCUT2D eigenvalue weighted by Gasteiger charge is -2.04. The molecule has 0 fully saturated rings. The van der Waals surface area contributed by atoms with Crippen LogP contribution in [0.4, 0.5) is 8.78 Å². The lowest BCUT2D eigenvalue weighted by atomic mass is 10.2. The van der Waals surface area contributed by atoms with Crippen molar-refractivity contribution in [3.8, 4) is 0 Å². The van der Waals surface area contributed by atoms with Crippen molar-refractivity contribution >= 4 is 22.6 Å². The van der Waals surface area contributed by atoms with Gasteiger partial charge in [0.15, 0.2) is 0 Å². The monoisotopic (exact) mass is 222 g/mol. The van der Waals surface area contributed by atoms with Crippen LogP contribution in [-0.2, 0) is 4.79 Å². The molecule has 14 heavy (non-hydrogen) atoms. The summed E-state index contributed by atoms with van der Waals surface area (Å²) in [6, 6.07) is 0. The van der Waals surface area contributed by atoms with Gasteiger partial charge in [0.05, 0.1) is 12.1 Å². The molecule has 0 rings (SSSR count). The molecule has 0 aromatic carbocycles. The highest BCUT2D eigenvalue weighted by molar-refractivity contribution is 6.70. The van der Waals surface area contributed by atoms with Gasteiger partial charge in [-0.2, -0.15) is 0 Å². The summed E-state index contributed by atoms with van der Waals surface area (Å²) in [6.07, 6.45) is -0.869. The third kappa shape index (κ3) is 3.66. The maximum absolute atomic E-state index is 12.3. The van der Waals surface area contributed by atoms with Crippen molar-refractivity contribution in [2.75, 3.05) is 6.54 Å². The molecule has 0 spiro atoms. The summed E-state index contributed by atoms with van der Waals surface area (Å²) in [5.74, 6) is 0. The number of halogens is 3. The molecule has 0 bridgehead atoms. The van der Waals surface area contributed by atoms with E-state index in [1.165, 1.54) is 6.08 Å². The van der Waals surface area contributed by atoms with Crippen molar-refractivity contribution in [2.45, 2.75) is 6.43 Å². The van der Waals surface area contributed by atoms with Crippen molar-refractivity contribution in [3.05, 3.63) is 24.4 Å². The topological polar surface area (TPSA) is 55.4 Å². The Morgan fingerprint density at radius 2 is 2.21 bits per heavy atom. The van der Waals surface area contributed by atoms with Crippen LogP contribution in [0.3, 0.4) is 0 Å². The molecule has 0 amide bonds. The Kier molecular flexibility index (Phi) is 5.71. The van der Waals surface area contributed by atoms with Gasteiger partial charge >= 0.3 is 0 Å². The fourth-order valence-corrected chi connectivity index (χ4v) is 0.846. The van der Waals surface area contributed by atoms with Gasteiger partial charge in [0.25, 0.3) is 11.7 Å². The first kappa shape index (κ1) is 12.8. The molecule has 0 saturated carbocycles. The van der Waals surface area contributed by atoms with E-state index < -0.39 is 23.0 Å². The Hall–Kier alpha value is -1.23. The minimum absolute atomic E-state index is 0.0266. The Morgan fingerprint density at radius 1 is 1.64 bits per heavy atom. The lowest BCUT2D eigenvalue weighted by molar-refractivity contribution is -0.108. The second-order valence-electron chi connectivity index (χ2n) is 2.17. The van der Waals surface area contributed by atoms with E-state index in [4.69, 9.17) is 17.3 Å². The Morgan fingerprint density at radius 3 is 2.50 bits per heavy atom. The molecule has 0 aliphatic heterocycles. The third-order valence-electron chi connectivity index (χ3n) is 1.25. The van der Waals surface area contributed by atoms with Crippen LogP contribution in [0.2, 0.25) is 0 Å². The molecule has 0 aliphatic carbocycles. The van der Waals surface area contributed by atoms with Gasteiger partial charge in [0.1, 0.15) is 5.71 Å². The van der Waals surface area contributed by atoms with Crippen LogP contribution in [0.25, 0.3) is 0 Å². The fraction of sp³-hybridized carbons (Fsp3) is 0.250. The van der Waals surface area contributed by atoms with Gasteiger partial charge in [-0.05, 0) is 11.6 Å². The van der Waals surface area contributed by atoms with E-state index in [1.54, 1.807) is 0 Å². The van der Waals surface area contributed by atoms with Gasteiger partial charge in [0.2, 0.25) is 0 Å². The molecule has 78 valence electrons. The minimum Gasteiger partial charge on any atom is -0.404 e. The standard InChI is InChI=1S/C8H9ClF2N2O/c1-2-3-13-6(8(10)11)5(4-12)7(9)14/h2,4,8H,1,3,12H2. The van der Waals surface area contributed by atoms with Crippen LogP contribution >= 0.6 is 11.6 Å². The summed E-state index contributed by atoms with van der Waals surface area (Å²) in [5, 5.41) is -1.06. The third-order valence-corrected chi connectivity index (χ3v) is 1.46. The average molecular weight is 223 g/mol. The molecule has 0 heterocycles. The van der Waals surface area contributed by atoms with E-state index in [2.05, 4.69) is 11.6 Å². The molecule has 2 N–H and O–H groups in total. The zero-order valence-corrected chi connectivity index (χ0v) is 7.97. The molecular formula is C8H9ClF2N2O. The van der Waals surface area contributed by atoms with Gasteiger partial charge in [-0.3, -0.25) is 9.79 Å². The summed E-state index contributed by atoms with van der Waals surface area (Å²) in [4.78, 5) is 14.1. The second-order valence-corrected chi connectivity index (χ2v) is 2.51. The van der Waals surface area contributed by atoms with Gasteiger partial charge < -0.3 is 5.73 Å². The molecule has 0 aliphatic rings. The van der Waals surface area contributed by atoms with Crippen LogP contribution in [0, 0.1) is 0 Å². The summed E-state index contributed by atoms with van der Waals surface area (Å²) in [5.41, 5.74) is 3.78. The number of alkyl halides is 2. The number of hydrogen-bond acceptors (Lipinski definition) is 3. The number of hydrogen-bond donors (Lipinski definition) is 1. The summed E-state index contributed by atoms with van der Waals surface area (Å²) in [6.45, 7) is 3.27. The predicted octanol–water partition coefficient (Wildman–Crippen LogP) is 1.49. The summed E-state index contributed by atoms with van der Waals surface area (Å²) in [7, 11) is 0. The highest BCUT2D eigenvalue weighted by Crippen LogP contribution is 2.10. The number of allylic oxidation sites excluding steroid dienone is 1. The SMILES string of the molecule is C=CCN=C(C(=CN)C(=O)Cl)C(F)F. The van der Waals surface area contributed by atoms with Crippen molar-refractivity contribution < 1.29 is 13.6 Å². The van der Waals surface area contributed by atoms with Crippen LogP contribution in [0.1, 0.15) is 0 Å². The van der Waals surface area contributed by atoms with E-state index >= 15 is 0 Å².